The SMILES string of the molecule is CCOC(=O)c1cccc(N=c2sc(C=C3C(C)=Nc4ccccc43)c(O)n2CC)c1. The lowest BCUT2D eigenvalue weighted by Crippen LogP contribution is -2.12. The topological polar surface area (TPSA) is 76.2 Å². The van der Waals surface area contributed by atoms with Crippen LogP contribution in [0.2, 0.25) is 0 Å². The fourth-order valence-corrected chi connectivity index (χ4v) is 4.51. The molecule has 2 aromatic carbocycles. The standard InChI is InChI=1S/C24H23N3O3S/c1-4-27-22(28)21(14-19-15(3)25-20-12-7-6-11-18(19)20)31-24(27)26-17-10-8-9-16(13-17)23(29)30-5-2/h6-14,28H,4-5H2,1-3H3. The zero-order chi connectivity index (χ0) is 22.0. The van der Waals surface area contributed by atoms with E-state index in [4.69, 9.17) is 4.74 Å². The summed E-state index contributed by atoms with van der Waals surface area (Å²) in [6.07, 6.45) is 1.96. The summed E-state index contributed by atoms with van der Waals surface area (Å²) in [7, 11) is 0. The summed E-state index contributed by atoms with van der Waals surface area (Å²) in [4.78, 5) is 22.7. The zero-order valence-electron chi connectivity index (χ0n) is 17.6. The number of esters is 1. The van der Waals surface area contributed by atoms with Gasteiger partial charge >= 0.3 is 5.97 Å². The van der Waals surface area contributed by atoms with Gasteiger partial charge in [0.2, 0.25) is 5.88 Å². The molecule has 7 heteroatoms. The summed E-state index contributed by atoms with van der Waals surface area (Å²) in [6.45, 7) is 6.58. The molecule has 1 aliphatic rings. The van der Waals surface area contributed by atoms with E-state index in [9.17, 15) is 9.90 Å². The molecule has 2 heterocycles. The molecule has 3 aromatic rings. The number of carbonyl (C=O) groups excluding carboxylic acids is 1. The Kier molecular flexibility index (Phi) is 5.86. The average Bonchev–Trinajstić information content (AvgIpc) is 3.24. The number of carbonyl (C=O) groups is 1. The molecule has 0 spiro atoms. The first-order valence-electron chi connectivity index (χ1n) is 10.1. The third-order valence-electron chi connectivity index (χ3n) is 4.95. The minimum Gasteiger partial charge on any atom is -0.493 e. The molecule has 0 aliphatic carbocycles. The van der Waals surface area contributed by atoms with Gasteiger partial charge in [0.1, 0.15) is 0 Å². The molecule has 0 radical (unpaired) electrons. The lowest BCUT2D eigenvalue weighted by molar-refractivity contribution is 0.0526. The Balaban J connectivity index is 1.77. The Labute approximate surface area is 184 Å². The van der Waals surface area contributed by atoms with Crippen molar-refractivity contribution >= 4 is 46.0 Å². The maximum absolute atomic E-state index is 12.0. The fourth-order valence-electron chi connectivity index (χ4n) is 3.46. The van der Waals surface area contributed by atoms with Crippen LogP contribution in [0, 0.1) is 0 Å². The number of aromatic nitrogens is 1. The van der Waals surface area contributed by atoms with Crippen LogP contribution in [0.4, 0.5) is 11.4 Å². The number of allylic oxidation sites excluding steroid dienone is 1. The van der Waals surface area contributed by atoms with Gasteiger partial charge in [0, 0.05) is 23.4 Å². The van der Waals surface area contributed by atoms with E-state index >= 15 is 0 Å². The Morgan fingerprint density at radius 2 is 2.03 bits per heavy atom. The molecular formula is C24H23N3O3S. The predicted molar refractivity (Wildman–Crippen MR) is 124 cm³/mol. The number of benzene rings is 2. The molecular weight excluding hydrogens is 410 g/mol. The van der Waals surface area contributed by atoms with Crippen LogP contribution in [0.3, 0.4) is 0 Å². The third-order valence-corrected chi connectivity index (χ3v) is 5.97. The van der Waals surface area contributed by atoms with Crippen LogP contribution in [0.5, 0.6) is 5.88 Å². The van der Waals surface area contributed by atoms with Crippen molar-refractivity contribution < 1.29 is 14.6 Å². The highest BCUT2D eigenvalue weighted by Crippen LogP contribution is 2.37. The number of para-hydroxylation sites is 1. The maximum atomic E-state index is 12.0. The Hall–Kier alpha value is -3.45. The zero-order valence-corrected chi connectivity index (χ0v) is 18.4. The van der Waals surface area contributed by atoms with E-state index in [1.807, 2.05) is 50.3 Å². The number of thiazole rings is 1. The second-order valence-corrected chi connectivity index (χ2v) is 7.98. The van der Waals surface area contributed by atoms with Crippen LogP contribution >= 0.6 is 11.3 Å². The summed E-state index contributed by atoms with van der Waals surface area (Å²) in [6, 6.07) is 15.0. The van der Waals surface area contributed by atoms with Crippen LogP contribution in [-0.4, -0.2) is 28.0 Å². The van der Waals surface area contributed by atoms with Crippen LogP contribution in [0.1, 0.15) is 41.6 Å². The van der Waals surface area contributed by atoms with E-state index in [1.165, 1.54) is 11.3 Å². The van der Waals surface area contributed by atoms with Gasteiger partial charge in [-0.15, -0.1) is 0 Å². The van der Waals surface area contributed by atoms with E-state index in [0.717, 1.165) is 22.5 Å². The van der Waals surface area contributed by atoms with Gasteiger partial charge in [0.05, 0.1) is 28.4 Å². The van der Waals surface area contributed by atoms with Gasteiger partial charge in [-0.3, -0.25) is 9.56 Å². The van der Waals surface area contributed by atoms with E-state index in [2.05, 4.69) is 9.98 Å². The molecule has 0 atom stereocenters. The summed E-state index contributed by atoms with van der Waals surface area (Å²) in [5.41, 5.74) is 4.97. The van der Waals surface area contributed by atoms with E-state index in [-0.39, 0.29) is 11.8 Å². The number of ether oxygens (including phenoxy) is 1. The highest BCUT2D eigenvalue weighted by Gasteiger charge is 2.19. The smallest absolute Gasteiger partial charge is 0.338 e. The highest BCUT2D eigenvalue weighted by atomic mass is 32.1. The molecule has 1 N–H and O–H groups in total. The second-order valence-electron chi connectivity index (χ2n) is 6.97. The van der Waals surface area contributed by atoms with Gasteiger partial charge in [0.15, 0.2) is 4.80 Å². The van der Waals surface area contributed by atoms with E-state index in [0.29, 0.717) is 34.1 Å². The number of aliphatic imine (C=N–C) groups is 1. The first-order chi connectivity index (χ1) is 15.0. The Morgan fingerprint density at radius 3 is 2.81 bits per heavy atom. The molecule has 0 fully saturated rings. The van der Waals surface area contributed by atoms with Crippen molar-refractivity contribution in [2.24, 2.45) is 9.98 Å². The number of rotatable bonds is 5. The highest BCUT2D eigenvalue weighted by molar-refractivity contribution is 7.10. The molecule has 0 unspecified atom stereocenters. The van der Waals surface area contributed by atoms with Gasteiger partial charge < -0.3 is 9.84 Å². The number of hydrogen-bond donors (Lipinski definition) is 1. The Bertz CT molecular complexity index is 1280. The first-order valence-corrected chi connectivity index (χ1v) is 10.9. The molecule has 0 saturated carbocycles. The van der Waals surface area contributed by atoms with Crippen molar-refractivity contribution in [3.63, 3.8) is 0 Å². The van der Waals surface area contributed by atoms with Crippen molar-refractivity contribution in [3.05, 3.63) is 69.3 Å². The molecule has 4 rings (SSSR count). The van der Waals surface area contributed by atoms with Crippen molar-refractivity contribution in [1.29, 1.82) is 0 Å². The number of nitrogens with zero attached hydrogens (tertiary/aromatic N) is 3. The number of hydrogen-bond acceptors (Lipinski definition) is 6. The maximum Gasteiger partial charge on any atom is 0.338 e. The lowest BCUT2D eigenvalue weighted by atomic mass is 10.0. The van der Waals surface area contributed by atoms with Crippen LogP contribution < -0.4 is 4.80 Å². The quantitative estimate of drug-likeness (QED) is 0.553. The van der Waals surface area contributed by atoms with Gasteiger partial charge in [-0.2, -0.15) is 0 Å². The summed E-state index contributed by atoms with van der Waals surface area (Å²) >= 11 is 1.39. The monoisotopic (exact) mass is 433 g/mol. The minimum absolute atomic E-state index is 0.164. The van der Waals surface area contributed by atoms with Crippen molar-refractivity contribution in [2.75, 3.05) is 6.61 Å². The molecule has 0 amide bonds. The normalized spacial score (nSPS) is 14.6. The minimum atomic E-state index is -0.378. The molecule has 158 valence electrons. The van der Waals surface area contributed by atoms with Crippen molar-refractivity contribution in [2.45, 2.75) is 27.3 Å². The molecule has 1 aromatic heterocycles. The summed E-state index contributed by atoms with van der Waals surface area (Å²) < 4.78 is 6.82. The molecule has 0 bridgehead atoms. The fraction of sp³-hybridized carbons (Fsp3) is 0.208. The lowest BCUT2D eigenvalue weighted by Gasteiger charge is -2.03. The number of fused-ring (bicyclic) bond motifs is 1. The average molecular weight is 434 g/mol. The van der Waals surface area contributed by atoms with Crippen molar-refractivity contribution in [3.8, 4) is 5.88 Å². The summed E-state index contributed by atoms with van der Waals surface area (Å²) in [5, 5.41) is 10.8. The van der Waals surface area contributed by atoms with Gasteiger partial charge in [0.25, 0.3) is 0 Å². The third kappa shape index (κ3) is 4.09. The molecule has 31 heavy (non-hydrogen) atoms. The van der Waals surface area contributed by atoms with Crippen LogP contribution in [0.15, 0.2) is 58.5 Å². The second kappa shape index (κ2) is 8.73. The number of aromatic hydroxyl groups is 1. The van der Waals surface area contributed by atoms with Gasteiger partial charge in [-0.05, 0) is 51.1 Å². The van der Waals surface area contributed by atoms with Gasteiger partial charge in [-0.1, -0.05) is 35.6 Å². The molecule has 1 aliphatic heterocycles. The van der Waals surface area contributed by atoms with E-state index < -0.39 is 0 Å². The van der Waals surface area contributed by atoms with Crippen LogP contribution in [-0.2, 0) is 11.3 Å². The van der Waals surface area contributed by atoms with Crippen LogP contribution in [0.25, 0.3) is 11.6 Å². The van der Waals surface area contributed by atoms with Crippen molar-refractivity contribution in [1.82, 2.24) is 4.57 Å². The Morgan fingerprint density at radius 1 is 1.23 bits per heavy atom. The van der Waals surface area contributed by atoms with E-state index in [1.54, 1.807) is 29.7 Å². The van der Waals surface area contributed by atoms with Gasteiger partial charge in [-0.25, -0.2) is 9.79 Å². The summed E-state index contributed by atoms with van der Waals surface area (Å²) in [5.74, 6) is -0.213. The molecule has 6 nitrogen and oxygen atoms in total. The largest absolute Gasteiger partial charge is 0.493 e. The molecule has 0 saturated heterocycles. The predicted octanol–water partition coefficient (Wildman–Crippen LogP) is 5.33. The first kappa shape index (κ1) is 20.8.